The summed E-state index contributed by atoms with van der Waals surface area (Å²) in [5.41, 5.74) is 4.06. The first-order valence-electron chi connectivity index (χ1n) is 10.3. The van der Waals surface area contributed by atoms with Crippen LogP contribution in [0.25, 0.3) is 22.4 Å². The smallest absolute Gasteiger partial charge is 0.196 e. The topological polar surface area (TPSA) is 68.0 Å². The SMILES string of the molecule is Cc1cc([C@@H](C)Nc2ccc(Cl)nc2)c2oc(-c3cccc(C(C)F)n3)c(C)c(=O)c2c1. The van der Waals surface area contributed by atoms with Gasteiger partial charge < -0.3 is 9.73 Å². The summed E-state index contributed by atoms with van der Waals surface area (Å²) < 4.78 is 20.1. The average Bonchev–Trinajstić information content (AvgIpc) is 2.77. The Labute approximate surface area is 190 Å². The summed E-state index contributed by atoms with van der Waals surface area (Å²) in [5.74, 6) is 0.343. The van der Waals surface area contributed by atoms with E-state index in [4.69, 9.17) is 16.0 Å². The molecule has 2 atom stereocenters. The highest BCUT2D eigenvalue weighted by atomic mass is 35.5. The van der Waals surface area contributed by atoms with E-state index in [9.17, 15) is 9.18 Å². The zero-order chi connectivity index (χ0) is 23.0. The van der Waals surface area contributed by atoms with Crippen LogP contribution < -0.4 is 10.7 Å². The number of alkyl halides is 1. The third-order valence-electron chi connectivity index (χ3n) is 5.38. The number of hydrogen-bond donors (Lipinski definition) is 1. The van der Waals surface area contributed by atoms with Gasteiger partial charge in [0.25, 0.3) is 0 Å². The zero-order valence-electron chi connectivity index (χ0n) is 18.2. The Morgan fingerprint density at radius 3 is 2.59 bits per heavy atom. The molecular formula is C25H23ClFN3O2. The molecule has 1 N–H and O–H groups in total. The first-order chi connectivity index (χ1) is 15.2. The third kappa shape index (κ3) is 4.23. The fourth-order valence-corrected chi connectivity index (χ4v) is 3.83. The summed E-state index contributed by atoms with van der Waals surface area (Å²) >= 11 is 5.88. The van der Waals surface area contributed by atoms with Gasteiger partial charge in [0.1, 0.15) is 22.6 Å². The number of hydrogen-bond acceptors (Lipinski definition) is 5. The van der Waals surface area contributed by atoms with Crippen LogP contribution in [0.2, 0.25) is 5.15 Å². The molecule has 1 aromatic carbocycles. The Kier molecular flexibility index (Phi) is 5.98. The van der Waals surface area contributed by atoms with Crippen LogP contribution in [0, 0.1) is 13.8 Å². The molecule has 0 aliphatic rings. The van der Waals surface area contributed by atoms with Crippen LogP contribution in [0.15, 0.2) is 57.9 Å². The number of aromatic nitrogens is 2. The molecule has 5 nitrogen and oxygen atoms in total. The van der Waals surface area contributed by atoms with Crippen LogP contribution in [-0.2, 0) is 0 Å². The van der Waals surface area contributed by atoms with Crippen molar-refractivity contribution in [3.8, 4) is 11.5 Å². The lowest BCUT2D eigenvalue weighted by atomic mass is 9.99. The highest BCUT2D eigenvalue weighted by Gasteiger charge is 2.20. The Balaban J connectivity index is 1.88. The van der Waals surface area contributed by atoms with Crippen LogP contribution >= 0.6 is 11.6 Å². The molecule has 0 amide bonds. The lowest BCUT2D eigenvalue weighted by Crippen LogP contribution is -2.13. The minimum atomic E-state index is -1.22. The Bertz CT molecular complexity index is 1350. The molecule has 3 aromatic heterocycles. The van der Waals surface area contributed by atoms with Crippen molar-refractivity contribution >= 4 is 28.3 Å². The molecule has 0 saturated heterocycles. The van der Waals surface area contributed by atoms with Crippen molar-refractivity contribution in [3.05, 3.63) is 86.4 Å². The molecule has 0 aliphatic heterocycles. The number of anilines is 1. The monoisotopic (exact) mass is 451 g/mol. The summed E-state index contributed by atoms with van der Waals surface area (Å²) in [7, 11) is 0. The van der Waals surface area contributed by atoms with Crippen molar-refractivity contribution in [2.75, 3.05) is 5.32 Å². The third-order valence-corrected chi connectivity index (χ3v) is 5.60. The molecule has 0 fully saturated rings. The molecule has 164 valence electrons. The second-order valence-electron chi connectivity index (χ2n) is 7.92. The second-order valence-corrected chi connectivity index (χ2v) is 8.30. The number of aryl methyl sites for hydroxylation is 1. The lowest BCUT2D eigenvalue weighted by Gasteiger charge is -2.18. The maximum atomic E-state index is 13.8. The van der Waals surface area contributed by atoms with Crippen molar-refractivity contribution in [3.63, 3.8) is 0 Å². The van der Waals surface area contributed by atoms with E-state index in [1.165, 1.54) is 6.92 Å². The molecule has 0 saturated carbocycles. The highest BCUT2D eigenvalue weighted by molar-refractivity contribution is 6.29. The minimum absolute atomic E-state index is 0.132. The van der Waals surface area contributed by atoms with Crippen molar-refractivity contribution in [1.82, 2.24) is 9.97 Å². The predicted octanol–water partition coefficient (Wildman–Crippen LogP) is 6.72. The van der Waals surface area contributed by atoms with Crippen LogP contribution in [0.5, 0.6) is 0 Å². The standard InChI is InChI=1S/C25H23ClFN3O2/c1-13-10-18(16(4)29-17-8-9-22(26)28-12-17)25-19(11-13)23(31)14(2)24(32-25)21-7-5-6-20(30-21)15(3)27/h5-12,15-16,29H,1-4H3/t15?,16-/m1/s1. The predicted molar refractivity (Wildman–Crippen MR) is 126 cm³/mol. The van der Waals surface area contributed by atoms with Gasteiger partial charge in [-0.25, -0.2) is 14.4 Å². The van der Waals surface area contributed by atoms with E-state index >= 15 is 0 Å². The van der Waals surface area contributed by atoms with Crippen molar-refractivity contribution in [2.45, 2.75) is 39.9 Å². The molecule has 32 heavy (non-hydrogen) atoms. The Hall–Kier alpha value is -3.25. The highest BCUT2D eigenvalue weighted by Crippen LogP contribution is 2.32. The van der Waals surface area contributed by atoms with Crippen molar-refractivity contribution in [2.24, 2.45) is 0 Å². The molecule has 7 heteroatoms. The zero-order valence-corrected chi connectivity index (χ0v) is 19.0. The van der Waals surface area contributed by atoms with Crippen molar-refractivity contribution < 1.29 is 8.81 Å². The number of benzene rings is 1. The van der Waals surface area contributed by atoms with Gasteiger partial charge in [-0.2, -0.15) is 0 Å². The molecule has 4 aromatic rings. The Morgan fingerprint density at radius 1 is 1.12 bits per heavy atom. The molecule has 3 heterocycles. The fourth-order valence-electron chi connectivity index (χ4n) is 3.72. The van der Waals surface area contributed by atoms with E-state index in [-0.39, 0.29) is 11.5 Å². The number of fused-ring (bicyclic) bond motifs is 1. The maximum absolute atomic E-state index is 13.8. The van der Waals surface area contributed by atoms with Gasteiger partial charge in [0.05, 0.1) is 29.0 Å². The van der Waals surface area contributed by atoms with Crippen LogP contribution in [0.1, 0.15) is 48.4 Å². The van der Waals surface area contributed by atoms with Gasteiger partial charge in [0, 0.05) is 11.1 Å². The molecule has 0 bridgehead atoms. The maximum Gasteiger partial charge on any atom is 0.196 e. The Morgan fingerprint density at radius 2 is 1.91 bits per heavy atom. The van der Waals surface area contributed by atoms with Crippen LogP contribution in [-0.4, -0.2) is 9.97 Å². The summed E-state index contributed by atoms with van der Waals surface area (Å²) in [6, 6.07) is 12.2. The van der Waals surface area contributed by atoms with Gasteiger partial charge in [-0.3, -0.25) is 4.79 Å². The minimum Gasteiger partial charge on any atom is -0.454 e. The fraction of sp³-hybridized carbons (Fsp3) is 0.240. The summed E-state index contributed by atoms with van der Waals surface area (Å²) in [4.78, 5) is 21.7. The van der Waals surface area contributed by atoms with E-state index in [0.29, 0.717) is 38.8 Å². The number of nitrogens with one attached hydrogen (secondary N) is 1. The van der Waals surface area contributed by atoms with Gasteiger partial charge in [-0.05, 0) is 63.6 Å². The lowest BCUT2D eigenvalue weighted by molar-refractivity contribution is 0.366. The molecule has 1 unspecified atom stereocenters. The van der Waals surface area contributed by atoms with E-state index in [1.54, 1.807) is 37.4 Å². The molecule has 4 rings (SSSR count). The molecule has 0 spiro atoms. The van der Waals surface area contributed by atoms with E-state index in [1.807, 2.05) is 32.0 Å². The average molecular weight is 452 g/mol. The normalized spacial score (nSPS) is 13.2. The molecular weight excluding hydrogens is 429 g/mol. The number of halogens is 2. The van der Waals surface area contributed by atoms with E-state index < -0.39 is 6.17 Å². The number of rotatable bonds is 5. The quantitative estimate of drug-likeness (QED) is 0.341. The van der Waals surface area contributed by atoms with Gasteiger partial charge >= 0.3 is 0 Å². The first kappa shape index (κ1) is 22.0. The van der Waals surface area contributed by atoms with Crippen molar-refractivity contribution in [1.29, 1.82) is 0 Å². The van der Waals surface area contributed by atoms with E-state index in [0.717, 1.165) is 16.8 Å². The summed E-state index contributed by atoms with van der Waals surface area (Å²) in [6.45, 7) is 7.05. The van der Waals surface area contributed by atoms with Crippen LogP contribution in [0.4, 0.5) is 10.1 Å². The van der Waals surface area contributed by atoms with Gasteiger partial charge in [0.15, 0.2) is 11.2 Å². The van der Waals surface area contributed by atoms with Crippen LogP contribution in [0.3, 0.4) is 0 Å². The van der Waals surface area contributed by atoms with Gasteiger partial charge in [-0.15, -0.1) is 0 Å². The molecule has 0 aliphatic carbocycles. The molecule has 0 radical (unpaired) electrons. The number of pyridine rings is 2. The van der Waals surface area contributed by atoms with Gasteiger partial charge in [0.2, 0.25) is 0 Å². The largest absolute Gasteiger partial charge is 0.454 e. The van der Waals surface area contributed by atoms with Gasteiger partial charge in [-0.1, -0.05) is 23.7 Å². The number of nitrogens with zero attached hydrogens (tertiary/aromatic N) is 2. The van der Waals surface area contributed by atoms with E-state index in [2.05, 4.69) is 15.3 Å². The first-order valence-corrected chi connectivity index (χ1v) is 10.7. The summed E-state index contributed by atoms with van der Waals surface area (Å²) in [5, 5.41) is 4.28. The summed E-state index contributed by atoms with van der Waals surface area (Å²) in [6.07, 6.45) is 0.425. The second kappa shape index (κ2) is 8.71.